The van der Waals surface area contributed by atoms with Gasteiger partial charge in [-0.3, -0.25) is 9.69 Å². The van der Waals surface area contributed by atoms with Gasteiger partial charge in [0, 0.05) is 7.97 Å². The normalized spacial score (nSPS) is 27.0. The first-order valence-corrected chi connectivity index (χ1v) is 3.16. The first-order chi connectivity index (χ1) is 4.22. The summed E-state index contributed by atoms with van der Waals surface area (Å²) in [5.74, 6) is 0.167. The number of nitrogens with zero attached hydrogens (tertiary/aromatic N) is 1. The molecule has 9 heavy (non-hydrogen) atoms. The Hall–Kier alpha value is -0.570. The smallest absolute Gasteiger partial charge is 0.237 e. The summed E-state index contributed by atoms with van der Waals surface area (Å²) >= 11 is 0. The zero-order valence-electron chi connectivity index (χ0n) is 5.85. The topological polar surface area (TPSA) is 32.3 Å². The molecule has 0 aromatic rings. The third kappa shape index (κ3) is 1.21. The Bertz CT molecular complexity index is 127. The maximum absolute atomic E-state index is 10.9. The molecular weight excluding hydrogens is 116 g/mol. The van der Waals surface area contributed by atoms with Crippen LogP contribution < -0.4 is 5.32 Å². The lowest BCUT2D eigenvalue weighted by Gasteiger charge is -2.14. The van der Waals surface area contributed by atoms with Crippen LogP contribution in [0.4, 0.5) is 0 Å². The summed E-state index contributed by atoms with van der Waals surface area (Å²) in [5.41, 5.74) is 0. The number of nitrogens with one attached hydrogen (secondary N) is 1. The average Bonchev–Trinajstić information content (AvgIpc) is 2.13. The van der Waals surface area contributed by atoms with Crippen molar-refractivity contribution in [1.29, 1.82) is 0 Å². The molecular formula is C6H14N2O. The van der Waals surface area contributed by atoms with Crippen LogP contribution in [0.3, 0.4) is 0 Å². The number of amides is 1. The van der Waals surface area contributed by atoms with Crippen LogP contribution in [-0.4, -0.2) is 37.5 Å². The third-order valence-electron chi connectivity index (χ3n) is 1.64. The van der Waals surface area contributed by atoms with Gasteiger partial charge < -0.3 is 5.32 Å². The van der Waals surface area contributed by atoms with Crippen molar-refractivity contribution < 1.29 is 6.22 Å². The van der Waals surface area contributed by atoms with E-state index in [0.717, 1.165) is 13.0 Å². The second-order valence-corrected chi connectivity index (χ2v) is 2.56. The highest BCUT2D eigenvalue weighted by molar-refractivity contribution is 5.83. The van der Waals surface area contributed by atoms with Crippen LogP contribution in [0.1, 0.15) is 7.85 Å². The molecule has 1 atom stereocenters. The van der Waals surface area contributed by atoms with E-state index in [-0.39, 0.29) is 13.4 Å². The summed E-state index contributed by atoms with van der Waals surface area (Å²) in [5, 5.41) is 2.77. The lowest BCUT2D eigenvalue weighted by molar-refractivity contribution is -0.122. The molecule has 1 N–H and O–H groups in total. The number of rotatable bonds is 1. The summed E-state index contributed by atoms with van der Waals surface area (Å²) in [6, 6.07) is 0.116. The molecule has 0 aromatic heterocycles. The molecule has 0 bridgehead atoms. The maximum atomic E-state index is 10.9. The predicted molar refractivity (Wildman–Crippen MR) is 37.2 cm³/mol. The molecule has 1 amide bonds. The number of hydrogen-bond acceptors (Lipinski definition) is 2. The minimum Gasteiger partial charge on any atom is -0.355 e. The van der Waals surface area contributed by atoms with E-state index in [4.69, 9.17) is 0 Å². The largest absolute Gasteiger partial charge is 0.355 e. The Morgan fingerprint density at radius 1 is 1.78 bits per heavy atom. The minimum atomic E-state index is 0. The third-order valence-corrected chi connectivity index (χ3v) is 1.64. The van der Waals surface area contributed by atoms with Crippen molar-refractivity contribution >= 4 is 5.91 Å². The first-order valence-electron chi connectivity index (χ1n) is 3.16. The monoisotopic (exact) mass is 130 g/mol. The summed E-state index contributed by atoms with van der Waals surface area (Å²) in [4.78, 5) is 12.8. The summed E-state index contributed by atoms with van der Waals surface area (Å²) < 4.78 is 0. The Morgan fingerprint density at radius 3 is 2.67 bits per heavy atom. The second-order valence-electron chi connectivity index (χ2n) is 2.56. The van der Waals surface area contributed by atoms with Gasteiger partial charge in [0.05, 0.1) is 6.04 Å². The van der Waals surface area contributed by atoms with Crippen molar-refractivity contribution in [2.24, 2.45) is 0 Å². The fourth-order valence-corrected chi connectivity index (χ4v) is 1.07. The highest BCUT2D eigenvalue weighted by atomic mass is 16.2. The summed E-state index contributed by atoms with van der Waals surface area (Å²) in [6.07, 6.45) is 0.950. The second kappa shape index (κ2) is 2.35. The highest BCUT2D eigenvalue weighted by Crippen LogP contribution is 2.04. The van der Waals surface area contributed by atoms with E-state index in [1.165, 1.54) is 0 Å². The van der Waals surface area contributed by atoms with Crippen molar-refractivity contribution in [1.82, 2.24) is 10.2 Å². The van der Waals surface area contributed by atoms with Crippen LogP contribution in [0.2, 0.25) is 0 Å². The quantitative estimate of drug-likeness (QED) is 0.527. The standard InChI is InChI=1S/C6H12N2O.H2/c1-8(2)5-3-4-7-6(5)9;/h5H,3-4H2,1-2H3,(H,7,9);1H. The lowest BCUT2D eigenvalue weighted by atomic mass is 10.2. The molecule has 1 aliphatic rings. The van der Waals surface area contributed by atoms with Crippen LogP contribution >= 0.6 is 0 Å². The van der Waals surface area contributed by atoms with Gasteiger partial charge in [0.15, 0.2) is 0 Å². The van der Waals surface area contributed by atoms with Gasteiger partial charge in [-0.05, 0) is 20.5 Å². The van der Waals surface area contributed by atoms with E-state index in [1.807, 2.05) is 19.0 Å². The minimum absolute atomic E-state index is 0. The molecule has 1 unspecified atom stereocenters. The predicted octanol–water partition coefficient (Wildman–Crippen LogP) is -0.317. The van der Waals surface area contributed by atoms with Gasteiger partial charge in [0.1, 0.15) is 0 Å². The number of carbonyl (C=O) groups excluding carboxylic acids is 1. The zero-order valence-corrected chi connectivity index (χ0v) is 5.85. The fraction of sp³-hybridized carbons (Fsp3) is 0.833. The van der Waals surface area contributed by atoms with E-state index in [1.54, 1.807) is 0 Å². The van der Waals surface area contributed by atoms with E-state index >= 15 is 0 Å². The highest BCUT2D eigenvalue weighted by Gasteiger charge is 2.25. The molecule has 1 rings (SSSR count). The van der Waals surface area contributed by atoms with Crippen molar-refractivity contribution in [3.8, 4) is 0 Å². The molecule has 3 nitrogen and oxygen atoms in total. The van der Waals surface area contributed by atoms with Crippen LogP contribution in [-0.2, 0) is 4.79 Å². The van der Waals surface area contributed by atoms with E-state index in [0.29, 0.717) is 0 Å². The van der Waals surface area contributed by atoms with Crippen molar-refractivity contribution in [3.05, 3.63) is 0 Å². The lowest BCUT2D eigenvalue weighted by Crippen LogP contribution is -2.34. The molecule has 1 fully saturated rings. The summed E-state index contributed by atoms with van der Waals surface area (Å²) in [7, 11) is 3.85. The molecule has 0 aromatic carbocycles. The summed E-state index contributed by atoms with van der Waals surface area (Å²) in [6.45, 7) is 0.835. The van der Waals surface area contributed by atoms with Gasteiger partial charge in [-0.2, -0.15) is 0 Å². The van der Waals surface area contributed by atoms with E-state index < -0.39 is 0 Å². The van der Waals surface area contributed by atoms with Gasteiger partial charge in [-0.25, -0.2) is 0 Å². The number of likely N-dealkylation sites (N-methyl/N-ethyl adjacent to an activating group) is 1. The van der Waals surface area contributed by atoms with Crippen LogP contribution in [0.5, 0.6) is 0 Å². The molecule has 0 radical (unpaired) electrons. The van der Waals surface area contributed by atoms with Gasteiger partial charge in [0.25, 0.3) is 0 Å². The van der Waals surface area contributed by atoms with Gasteiger partial charge in [-0.15, -0.1) is 0 Å². The van der Waals surface area contributed by atoms with E-state index in [2.05, 4.69) is 5.32 Å². The van der Waals surface area contributed by atoms with Crippen LogP contribution in [0.15, 0.2) is 0 Å². The number of carbonyl (C=O) groups is 1. The molecule has 3 heteroatoms. The van der Waals surface area contributed by atoms with Crippen molar-refractivity contribution in [2.75, 3.05) is 20.6 Å². The molecule has 0 spiro atoms. The molecule has 1 saturated heterocycles. The molecule has 1 heterocycles. The fourth-order valence-electron chi connectivity index (χ4n) is 1.07. The van der Waals surface area contributed by atoms with Crippen molar-refractivity contribution in [2.45, 2.75) is 12.5 Å². The van der Waals surface area contributed by atoms with Crippen molar-refractivity contribution in [3.63, 3.8) is 0 Å². The van der Waals surface area contributed by atoms with Gasteiger partial charge >= 0.3 is 0 Å². The molecule has 0 saturated carbocycles. The van der Waals surface area contributed by atoms with Gasteiger partial charge in [-0.1, -0.05) is 0 Å². The number of hydrogen-bond donors (Lipinski definition) is 1. The first kappa shape index (κ1) is 6.55. The Kier molecular flexibility index (Phi) is 1.71. The van der Waals surface area contributed by atoms with Gasteiger partial charge in [0.2, 0.25) is 5.91 Å². The Balaban J connectivity index is 0.000000810. The van der Waals surface area contributed by atoms with E-state index in [9.17, 15) is 4.79 Å². The molecule has 0 aliphatic carbocycles. The molecule has 1 aliphatic heterocycles. The Morgan fingerprint density at radius 2 is 2.44 bits per heavy atom. The average molecular weight is 130 g/mol. The maximum Gasteiger partial charge on any atom is 0.237 e. The Labute approximate surface area is 56.5 Å². The zero-order chi connectivity index (χ0) is 6.85. The SMILES string of the molecule is CN(C)C1CCNC1=O.[HH]. The molecule has 54 valence electrons. The van der Waals surface area contributed by atoms with Crippen LogP contribution in [0, 0.1) is 0 Å². The van der Waals surface area contributed by atoms with Crippen LogP contribution in [0.25, 0.3) is 0 Å².